The van der Waals surface area contributed by atoms with E-state index in [-0.39, 0.29) is 10.8 Å². The van der Waals surface area contributed by atoms with E-state index in [1.807, 2.05) is 6.92 Å². The third-order valence-corrected chi connectivity index (χ3v) is 6.29. The van der Waals surface area contributed by atoms with E-state index in [0.29, 0.717) is 17.8 Å². The number of aryl methyl sites for hydroxylation is 1. The Bertz CT molecular complexity index is 887. The van der Waals surface area contributed by atoms with Crippen molar-refractivity contribution in [2.24, 2.45) is 0 Å². The van der Waals surface area contributed by atoms with Gasteiger partial charge in [-0.25, -0.2) is 8.42 Å². The molecule has 3 rings (SSSR count). The monoisotopic (exact) mass is 401 g/mol. The second-order valence-corrected chi connectivity index (χ2v) is 8.84. The molecule has 6 nitrogen and oxygen atoms in total. The third-order valence-electron chi connectivity index (χ3n) is 4.89. The predicted molar refractivity (Wildman–Crippen MR) is 111 cm³/mol. The Hall–Kier alpha value is -2.38. The Balaban J connectivity index is 1.53. The number of amides is 1. The van der Waals surface area contributed by atoms with Gasteiger partial charge in [-0.15, -0.1) is 0 Å². The number of sulfonamides is 1. The molecule has 0 spiro atoms. The van der Waals surface area contributed by atoms with Crippen LogP contribution >= 0.6 is 0 Å². The second-order valence-electron chi connectivity index (χ2n) is 7.15. The summed E-state index contributed by atoms with van der Waals surface area (Å²) in [5.41, 5.74) is 1.93. The molecule has 0 bridgehead atoms. The Kier molecular flexibility index (Phi) is 6.70. The first-order valence-corrected chi connectivity index (χ1v) is 11.1. The molecular formula is C21H27N3O3S. The van der Waals surface area contributed by atoms with Gasteiger partial charge < -0.3 is 10.2 Å². The Labute approximate surface area is 167 Å². The first-order valence-electron chi connectivity index (χ1n) is 9.64. The number of likely N-dealkylation sites (tertiary alicyclic amines) is 1. The van der Waals surface area contributed by atoms with Gasteiger partial charge in [0.25, 0.3) is 15.9 Å². The lowest BCUT2D eigenvalue weighted by molar-refractivity contribution is 0.0946. The largest absolute Gasteiger partial charge is 0.351 e. The van der Waals surface area contributed by atoms with Gasteiger partial charge in [0.1, 0.15) is 0 Å². The van der Waals surface area contributed by atoms with Gasteiger partial charge in [0.2, 0.25) is 0 Å². The van der Waals surface area contributed by atoms with E-state index in [4.69, 9.17) is 0 Å². The van der Waals surface area contributed by atoms with E-state index in [1.54, 1.807) is 48.5 Å². The molecule has 1 aliphatic rings. The highest BCUT2D eigenvalue weighted by atomic mass is 32.2. The maximum absolute atomic E-state index is 12.4. The highest BCUT2D eigenvalue weighted by Gasteiger charge is 2.14. The Morgan fingerprint density at radius 2 is 1.61 bits per heavy atom. The Morgan fingerprint density at radius 1 is 0.964 bits per heavy atom. The SMILES string of the molecule is Cc1ccc(S(=O)(=O)Nc2ccc(C(=O)NCCN3CCCCC3)cc2)cc1. The summed E-state index contributed by atoms with van der Waals surface area (Å²) in [6.07, 6.45) is 3.75. The molecule has 1 fully saturated rings. The average molecular weight is 402 g/mol. The normalized spacial score (nSPS) is 15.2. The van der Waals surface area contributed by atoms with Gasteiger partial charge in [-0.3, -0.25) is 9.52 Å². The van der Waals surface area contributed by atoms with Crippen LogP contribution in [0.4, 0.5) is 5.69 Å². The maximum Gasteiger partial charge on any atom is 0.261 e. The van der Waals surface area contributed by atoms with Crippen molar-refractivity contribution >= 4 is 21.6 Å². The van der Waals surface area contributed by atoms with Gasteiger partial charge in [0.15, 0.2) is 0 Å². The van der Waals surface area contributed by atoms with Crippen LogP contribution in [-0.4, -0.2) is 45.4 Å². The number of carbonyl (C=O) groups excluding carboxylic acids is 1. The van der Waals surface area contributed by atoms with Crippen LogP contribution in [0.5, 0.6) is 0 Å². The molecule has 0 aliphatic carbocycles. The Morgan fingerprint density at radius 3 is 2.25 bits per heavy atom. The summed E-state index contributed by atoms with van der Waals surface area (Å²) in [5, 5.41) is 2.93. The molecule has 0 unspecified atom stereocenters. The lowest BCUT2D eigenvalue weighted by atomic mass is 10.1. The summed E-state index contributed by atoms with van der Waals surface area (Å²) in [7, 11) is -3.65. The fraction of sp³-hybridized carbons (Fsp3) is 0.381. The minimum atomic E-state index is -3.65. The minimum absolute atomic E-state index is 0.148. The van der Waals surface area contributed by atoms with Crippen LogP contribution in [0, 0.1) is 6.92 Å². The van der Waals surface area contributed by atoms with Crippen LogP contribution in [0.1, 0.15) is 35.2 Å². The summed E-state index contributed by atoms with van der Waals surface area (Å²) in [4.78, 5) is 14.8. The first kappa shape index (κ1) is 20.4. The van der Waals surface area contributed by atoms with E-state index in [9.17, 15) is 13.2 Å². The molecule has 0 aromatic heterocycles. The fourth-order valence-corrected chi connectivity index (χ4v) is 4.29. The number of hydrogen-bond acceptors (Lipinski definition) is 4. The molecule has 0 atom stereocenters. The van der Waals surface area contributed by atoms with Crippen molar-refractivity contribution in [1.82, 2.24) is 10.2 Å². The van der Waals surface area contributed by atoms with E-state index in [2.05, 4.69) is 14.9 Å². The number of anilines is 1. The number of hydrogen-bond donors (Lipinski definition) is 2. The van der Waals surface area contributed by atoms with E-state index in [1.165, 1.54) is 19.3 Å². The van der Waals surface area contributed by atoms with Crippen molar-refractivity contribution in [3.05, 3.63) is 59.7 Å². The molecule has 0 saturated carbocycles. The van der Waals surface area contributed by atoms with Crippen molar-refractivity contribution in [1.29, 1.82) is 0 Å². The number of carbonyl (C=O) groups is 1. The van der Waals surface area contributed by atoms with E-state index < -0.39 is 10.0 Å². The zero-order chi connectivity index (χ0) is 20.0. The summed E-state index contributed by atoms with van der Waals surface area (Å²) in [6.45, 7) is 5.58. The molecular weight excluding hydrogens is 374 g/mol. The number of nitrogens with zero attached hydrogens (tertiary/aromatic N) is 1. The van der Waals surface area contributed by atoms with Gasteiger partial charge in [-0.05, 0) is 69.3 Å². The molecule has 2 N–H and O–H groups in total. The molecule has 28 heavy (non-hydrogen) atoms. The van der Waals surface area contributed by atoms with Crippen LogP contribution in [0.2, 0.25) is 0 Å². The van der Waals surface area contributed by atoms with Crippen molar-refractivity contribution < 1.29 is 13.2 Å². The van der Waals surface area contributed by atoms with Gasteiger partial charge in [0.05, 0.1) is 4.90 Å². The molecule has 0 radical (unpaired) electrons. The van der Waals surface area contributed by atoms with Crippen LogP contribution in [0.3, 0.4) is 0 Å². The summed E-state index contributed by atoms with van der Waals surface area (Å²) < 4.78 is 27.4. The quantitative estimate of drug-likeness (QED) is 0.748. The summed E-state index contributed by atoms with van der Waals surface area (Å²) >= 11 is 0. The number of rotatable bonds is 7. The standard InChI is InChI=1S/C21H27N3O3S/c1-17-5-11-20(12-6-17)28(26,27)23-19-9-7-18(8-10-19)21(25)22-13-16-24-14-3-2-4-15-24/h5-12,23H,2-4,13-16H2,1H3,(H,22,25). The fourth-order valence-electron chi connectivity index (χ4n) is 3.23. The zero-order valence-corrected chi connectivity index (χ0v) is 17.0. The van der Waals surface area contributed by atoms with Crippen LogP contribution in [0.15, 0.2) is 53.4 Å². The molecule has 2 aromatic rings. The molecule has 1 aliphatic heterocycles. The molecule has 1 amide bonds. The average Bonchev–Trinajstić information content (AvgIpc) is 2.69. The second kappa shape index (κ2) is 9.21. The molecule has 7 heteroatoms. The summed E-state index contributed by atoms with van der Waals surface area (Å²) in [5.74, 6) is -0.148. The van der Waals surface area contributed by atoms with Crippen LogP contribution in [0.25, 0.3) is 0 Å². The number of piperidine rings is 1. The van der Waals surface area contributed by atoms with Crippen LogP contribution in [-0.2, 0) is 10.0 Å². The van der Waals surface area contributed by atoms with E-state index in [0.717, 1.165) is 25.2 Å². The zero-order valence-electron chi connectivity index (χ0n) is 16.1. The molecule has 2 aromatic carbocycles. The van der Waals surface area contributed by atoms with Crippen molar-refractivity contribution in [2.75, 3.05) is 30.9 Å². The highest BCUT2D eigenvalue weighted by Crippen LogP contribution is 2.17. The molecule has 1 saturated heterocycles. The topological polar surface area (TPSA) is 78.5 Å². The van der Waals surface area contributed by atoms with Gasteiger partial charge in [-0.2, -0.15) is 0 Å². The first-order chi connectivity index (χ1) is 13.4. The maximum atomic E-state index is 12.4. The smallest absolute Gasteiger partial charge is 0.261 e. The number of benzene rings is 2. The summed E-state index contributed by atoms with van der Waals surface area (Å²) in [6, 6.07) is 13.1. The highest BCUT2D eigenvalue weighted by molar-refractivity contribution is 7.92. The van der Waals surface area contributed by atoms with Crippen molar-refractivity contribution in [3.63, 3.8) is 0 Å². The third kappa shape index (κ3) is 5.56. The predicted octanol–water partition coefficient (Wildman–Crippen LogP) is 3.01. The van der Waals surface area contributed by atoms with Gasteiger partial charge in [0, 0.05) is 24.3 Å². The minimum Gasteiger partial charge on any atom is -0.351 e. The van der Waals surface area contributed by atoms with Crippen LogP contribution < -0.4 is 10.0 Å². The van der Waals surface area contributed by atoms with E-state index >= 15 is 0 Å². The van der Waals surface area contributed by atoms with Gasteiger partial charge >= 0.3 is 0 Å². The molecule has 150 valence electrons. The number of nitrogens with one attached hydrogen (secondary N) is 2. The van der Waals surface area contributed by atoms with Crippen molar-refractivity contribution in [3.8, 4) is 0 Å². The lowest BCUT2D eigenvalue weighted by Crippen LogP contribution is -2.37. The lowest BCUT2D eigenvalue weighted by Gasteiger charge is -2.26. The van der Waals surface area contributed by atoms with Gasteiger partial charge in [-0.1, -0.05) is 24.1 Å². The molecule has 1 heterocycles. The van der Waals surface area contributed by atoms with Crippen molar-refractivity contribution in [2.45, 2.75) is 31.1 Å².